The van der Waals surface area contributed by atoms with Crippen molar-refractivity contribution in [3.63, 3.8) is 0 Å². The lowest BCUT2D eigenvalue weighted by Gasteiger charge is -2.37. The van der Waals surface area contributed by atoms with E-state index in [1.165, 1.54) is 6.07 Å². The molecule has 0 saturated carbocycles. The number of benzene rings is 1. The summed E-state index contributed by atoms with van der Waals surface area (Å²) in [7, 11) is 2.02. The third-order valence-corrected chi connectivity index (χ3v) is 3.19. The summed E-state index contributed by atoms with van der Waals surface area (Å²) in [6, 6.07) is 5.19. The van der Waals surface area contributed by atoms with E-state index in [0.717, 1.165) is 12.1 Å². The number of hydrogen-bond donors (Lipinski definition) is 1. The fourth-order valence-electron chi connectivity index (χ4n) is 1.71. The minimum atomic E-state index is -0.159. The molecule has 1 aromatic carbocycles. The van der Waals surface area contributed by atoms with Crippen LogP contribution in [-0.4, -0.2) is 19.1 Å². The minimum Gasteiger partial charge on any atom is -0.369 e. The van der Waals surface area contributed by atoms with Gasteiger partial charge in [-0.25, -0.2) is 4.39 Å². The van der Waals surface area contributed by atoms with E-state index in [2.05, 4.69) is 18.7 Å². The van der Waals surface area contributed by atoms with Gasteiger partial charge in [0.2, 0.25) is 0 Å². The summed E-state index contributed by atoms with van der Waals surface area (Å²) >= 11 is 0. The molecule has 1 aromatic rings. The Bertz CT molecular complexity index is 361. The second kappa shape index (κ2) is 4.83. The highest BCUT2D eigenvalue weighted by molar-refractivity contribution is 5.50. The van der Waals surface area contributed by atoms with Crippen LogP contribution in [0.25, 0.3) is 0 Å². The van der Waals surface area contributed by atoms with Crippen molar-refractivity contribution in [3.05, 3.63) is 29.6 Å². The van der Waals surface area contributed by atoms with E-state index in [1.807, 2.05) is 13.1 Å². The van der Waals surface area contributed by atoms with Crippen molar-refractivity contribution in [1.82, 2.24) is 0 Å². The number of hydrogen-bond acceptors (Lipinski definition) is 2. The molecule has 0 saturated heterocycles. The van der Waals surface area contributed by atoms with Crippen LogP contribution in [0.4, 0.5) is 10.1 Å². The summed E-state index contributed by atoms with van der Waals surface area (Å²) in [5.74, 6) is -0.159. The lowest BCUT2D eigenvalue weighted by Crippen LogP contribution is -2.42. The molecule has 0 radical (unpaired) electrons. The smallest absolute Gasteiger partial charge is 0.126 e. The van der Waals surface area contributed by atoms with Crippen molar-refractivity contribution in [2.45, 2.75) is 32.7 Å². The van der Waals surface area contributed by atoms with Crippen molar-refractivity contribution in [3.8, 4) is 0 Å². The molecule has 0 unspecified atom stereocenters. The van der Waals surface area contributed by atoms with E-state index >= 15 is 0 Å². The van der Waals surface area contributed by atoms with Crippen LogP contribution in [-0.2, 0) is 0 Å². The molecule has 0 aliphatic rings. The van der Waals surface area contributed by atoms with Crippen LogP contribution in [0, 0.1) is 12.7 Å². The van der Waals surface area contributed by atoms with E-state index in [4.69, 9.17) is 5.73 Å². The first kappa shape index (κ1) is 13.0. The predicted molar refractivity (Wildman–Crippen MR) is 67.3 cm³/mol. The molecule has 0 atom stereocenters. The Labute approximate surface area is 97.3 Å². The van der Waals surface area contributed by atoms with Crippen LogP contribution in [0.15, 0.2) is 18.2 Å². The number of nitrogens with two attached hydrogens (primary N) is 1. The number of nitrogens with zero attached hydrogens (tertiary/aromatic N) is 1. The third-order valence-electron chi connectivity index (χ3n) is 3.19. The highest BCUT2D eigenvalue weighted by Crippen LogP contribution is 2.25. The van der Waals surface area contributed by atoms with Crippen LogP contribution in [0.1, 0.15) is 25.8 Å². The second-order valence-electron chi connectivity index (χ2n) is 4.84. The zero-order chi connectivity index (χ0) is 12.3. The fraction of sp³-hybridized carbons (Fsp3) is 0.538. The lowest BCUT2D eigenvalue weighted by molar-refractivity contribution is 0.456. The van der Waals surface area contributed by atoms with E-state index in [1.54, 1.807) is 13.0 Å². The molecular weight excluding hydrogens is 203 g/mol. The van der Waals surface area contributed by atoms with Gasteiger partial charge in [0.1, 0.15) is 5.82 Å². The normalized spacial score (nSPS) is 11.6. The van der Waals surface area contributed by atoms with Crippen molar-refractivity contribution < 1.29 is 4.39 Å². The van der Waals surface area contributed by atoms with Crippen LogP contribution in [0.3, 0.4) is 0 Å². The Morgan fingerprint density at radius 3 is 2.50 bits per heavy atom. The molecule has 0 fully saturated rings. The molecule has 0 aliphatic carbocycles. The van der Waals surface area contributed by atoms with Crippen molar-refractivity contribution >= 4 is 5.69 Å². The quantitative estimate of drug-likeness (QED) is 0.852. The van der Waals surface area contributed by atoms with Gasteiger partial charge in [-0.2, -0.15) is 0 Å². The molecule has 3 heteroatoms. The largest absolute Gasteiger partial charge is 0.369 e. The van der Waals surface area contributed by atoms with Gasteiger partial charge < -0.3 is 10.6 Å². The standard InChI is InChI=1S/C13H21FN2/c1-10-9-11(5-6-12(10)14)16(4)13(2,3)7-8-15/h5-6,9H,7-8,15H2,1-4H3. The van der Waals surface area contributed by atoms with E-state index in [0.29, 0.717) is 12.1 Å². The Morgan fingerprint density at radius 1 is 1.38 bits per heavy atom. The minimum absolute atomic E-state index is 0.0149. The maximum Gasteiger partial charge on any atom is 0.126 e. The highest BCUT2D eigenvalue weighted by atomic mass is 19.1. The molecule has 1 rings (SSSR count). The number of anilines is 1. The first-order valence-corrected chi connectivity index (χ1v) is 5.58. The van der Waals surface area contributed by atoms with Crippen LogP contribution < -0.4 is 10.6 Å². The summed E-state index contributed by atoms with van der Waals surface area (Å²) in [6.45, 7) is 6.71. The molecule has 90 valence electrons. The Hall–Kier alpha value is -1.09. The number of aryl methyl sites for hydroxylation is 1. The summed E-state index contributed by atoms with van der Waals surface area (Å²) in [6.07, 6.45) is 0.903. The summed E-state index contributed by atoms with van der Waals surface area (Å²) < 4.78 is 13.2. The molecule has 0 aromatic heterocycles. The SMILES string of the molecule is Cc1cc(N(C)C(C)(C)CCN)ccc1F. The third kappa shape index (κ3) is 2.73. The van der Waals surface area contributed by atoms with E-state index in [9.17, 15) is 4.39 Å². The van der Waals surface area contributed by atoms with Gasteiger partial charge in [0.05, 0.1) is 0 Å². The van der Waals surface area contributed by atoms with Gasteiger partial charge in [0.25, 0.3) is 0 Å². The summed E-state index contributed by atoms with van der Waals surface area (Å²) in [4.78, 5) is 2.15. The van der Waals surface area contributed by atoms with Crippen molar-refractivity contribution in [2.75, 3.05) is 18.5 Å². The first-order valence-electron chi connectivity index (χ1n) is 5.58. The van der Waals surface area contributed by atoms with E-state index in [-0.39, 0.29) is 11.4 Å². The zero-order valence-electron chi connectivity index (χ0n) is 10.5. The van der Waals surface area contributed by atoms with Gasteiger partial charge in [-0.15, -0.1) is 0 Å². The summed E-state index contributed by atoms with van der Waals surface area (Å²) in [5.41, 5.74) is 7.28. The average Bonchev–Trinajstić information content (AvgIpc) is 2.21. The maximum absolute atomic E-state index is 13.2. The Morgan fingerprint density at radius 2 is 2.00 bits per heavy atom. The van der Waals surface area contributed by atoms with Gasteiger partial charge >= 0.3 is 0 Å². The van der Waals surface area contributed by atoms with Crippen molar-refractivity contribution in [1.29, 1.82) is 0 Å². The zero-order valence-corrected chi connectivity index (χ0v) is 10.5. The van der Waals surface area contributed by atoms with Gasteiger partial charge in [-0.3, -0.25) is 0 Å². The average molecular weight is 224 g/mol. The molecule has 2 N–H and O–H groups in total. The van der Waals surface area contributed by atoms with Gasteiger partial charge in [0, 0.05) is 18.3 Å². The van der Waals surface area contributed by atoms with Crippen LogP contribution in [0.5, 0.6) is 0 Å². The monoisotopic (exact) mass is 224 g/mol. The molecule has 0 amide bonds. The molecule has 0 spiro atoms. The van der Waals surface area contributed by atoms with E-state index < -0.39 is 0 Å². The molecule has 0 bridgehead atoms. The number of halogens is 1. The highest BCUT2D eigenvalue weighted by Gasteiger charge is 2.23. The topological polar surface area (TPSA) is 29.3 Å². The van der Waals surface area contributed by atoms with Gasteiger partial charge in [-0.05, 0) is 57.5 Å². The molecular formula is C13H21FN2. The maximum atomic E-state index is 13.2. The summed E-state index contributed by atoms with van der Waals surface area (Å²) in [5, 5.41) is 0. The molecule has 0 aliphatic heterocycles. The van der Waals surface area contributed by atoms with Gasteiger partial charge in [-0.1, -0.05) is 0 Å². The molecule has 2 nitrogen and oxygen atoms in total. The van der Waals surface area contributed by atoms with Crippen LogP contribution in [0.2, 0.25) is 0 Å². The van der Waals surface area contributed by atoms with Crippen LogP contribution >= 0.6 is 0 Å². The Balaban J connectivity index is 2.95. The lowest BCUT2D eigenvalue weighted by atomic mass is 9.97. The predicted octanol–water partition coefficient (Wildman–Crippen LogP) is 2.70. The molecule has 0 heterocycles. The fourth-order valence-corrected chi connectivity index (χ4v) is 1.71. The second-order valence-corrected chi connectivity index (χ2v) is 4.84. The first-order chi connectivity index (χ1) is 7.38. The number of rotatable bonds is 4. The van der Waals surface area contributed by atoms with Gasteiger partial charge in [0.15, 0.2) is 0 Å². The van der Waals surface area contributed by atoms with Crippen molar-refractivity contribution in [2.24, 2.45) is 5.73 Å². The molecule has 16 heavy (non-hydrogen) atoms. The Kier molecular flexibility index (Phi) is 3.92.